The van der Waals surface area contributed by atoms with Gasteiger partial charge in [0.2, 0.25) is 6.29 Å². The number of ether oxygens (including phenoxy) is 2. The first kappa shape index (κ1) is 14.2. The standard InChI is InChI=1S/C10H11F3N2O3S/c1-15-2-3-17-6(4-15)18-9(16)7-8(10(11,12)13)19-5-14-7/h5-6H,2-4H2,1H3. The normalized spacial score (nSPS) is 21.4. The third kappa shape index (κ3) is 3.43. The molecule has 5 nitrogen and oxygen atoms in total. The lowest BCUT2D eigenvalue weighted by molar-refractivity contribution is -0.149. The molecule has 0 spiro atoms. The number of aromatic nitrogens is 1. The molecular weight excluding hydrogens is 285 g/mol. The van der Waals surface area contributed by atoms with Crippen LogP contribution in [0.15, 0.2) is 5.51 Å². The number of alkyl halides is 3. The summed E-state index contributed by atoms with van der Waals surface area (Å²) in [6, 6.07) is 0. The van der Waals surface area contributed by atoms with Crippen molar-refractivity contribution in [1.29, 1.82) is 0 Å². The molecular formula is C10H11F3N2O3S. The number of morpholine rings is 1. The van der Waals surface area contributed by atoms with Crippen LogP contribution in [0.3, 0.4) is 0 Å². The summed E-state index contributed by atoms with van der Waals surface area (Å²) in [5.74, 6) is -1.12. The zero-order valence-corrected chi connectivity index (χ0v) is 10.8. The Hall–Kier alpha value is -1.19. The maximum Gasteiger partial charge on any atom is 0.428 e. The minimum absolute atomic E-state index is 0.317. The number of hydrogen-bond donors (Lipinski definition) is 0. The summed E-state index contributed by atoms with van der Waals surface area (Å²) in [5.41, 5.74) is 0.252. The van der Waals surface area contributed by atoms with Gasteiger partial charge in [0.25, 0.3) is 0 Å². The molecule has 0 radical (unpaired) electrons. The van der Waals surface area contributed by atoms with Crippen molar-refractivity contribution >= 4 is 17.3 Å². The van der Waals surface area contributed by atoms with Crippen LogP contribution in [-0.2, 0) is 15.7 Å². The minimum Gasteiger partial charge on any atom is -0.430 e. The molecule has 0 amide bonds. The summed E-state index contributed by atoms with van der Waals surface area (Å²) in [5, 5.41) is 0. The fourth-order valence-corrected chi connectivity index (χ4v) is 2.22. The average Bonchev–Trinajstić information content (AvgIpc) is 2.77. The molecule has 1 aliphatic rings. The molecule has 0 saturated carbocycles. The van der Waals surface area contributed by atoms with E-state index in [2.05, 4.69) is 4.98 Å². The number of rotatable bonds is 2. The third-order valence-corrected chi connectivity index (χ3v) is 3.37. The van der Waals surface area contributed by atoms with Crippen LogP contribution in [0, 0.1) is 0 Å². The van der Waals surface area contributed by atoms with Crippen molar-refractivity contribution in [3.63, 3.8) is 0 Å². The van der Waals surface area contributed by atoms with E-state index < -0.39 is 29.0 Å². The summed E-state index contributed by atoms with van der Waals surface area (Å²) in [6.07, 6.45) is -5.48. The third-order valence-electron chi connectivity index (χ3n) is 2.49. The Morgan fingerprint density at radius 1 is 1.63 bits per heavy atom. The Morgan fingerprint density at radius 3 is 3.00 bits per heavy atom. The van der Waals surface area contributed by atoms with Gasteiger partial charge in [-0.1, -0.05) is 0 Å². The van der Waals surface area contributed by atoms with Gasteiger partial charge in [0.05, 0.1) is 18.7 Å². The molecule has 2 heterocycles. The van der Waals surface area contributed by atoms with E-state index in [0.29, 0.717) is 31.0 Å². The van der Waals surface area contributed by atoms with Crippen molar-refractivity contribution in [3.8, 4) is 0 Å². The van der Waals surface area contributed by atoms with Gasteiger partial charge >= 0.3 is 12.1 Å². The van der Waals surface area contributed by atoms with Gasteiger partial charge in [-0.15, -0.1) is 11.3 Å². The number of thiazole rings is 1. The molecule has 19 heavy (non-hydrogen) atoms. The Labute approximate surface area is 110 Å². The van der Waals surface area contributed by atoms with Crippen LogP contribution >= 0.6 is 11.3 Å². The summed E-state index contributed by atoms with van der Waals surface area (Å²) in [4.78, 5) is 15.9. The lowest BCUT2D eigenvalue weighted by Crippen LogP contribution is -2.42. The van der Waals surface area contributed by atoms with Crippen LogP contribution < -0.4 is 0 Å². The highest BCUT2D eigenvalue weighted by Crippen LogP contribution is 2.35. The number of nitrogens with zero attached hydrogens (tertiary/aromatic N) is 2. The molecule has 1 atom stereocenters. The topological polar surface area (TPSA) is 51.7 Å². The van der Waals surface area contributed by atoms with Gasteiger partial charge < -0.3 is 9.47 Å². The van der Waals surface area contributed by atoms with E-state index in [0.717, 1.165) is 5.51 Å². The molecule has 0 N–H and O–H groups in total. The highest BCUT2D eigenvalue weighted by molar-refractivity contribution is 7.10. The molecule has 0 bridgehead atoms. The van der Waals surface area contributed by atoms with Crippen molar-refractivity contribution < 1.29 is 27.4 Å². The second-order valence-electron chi connectivity index (χ2n) is 4.00. The van der Waals surface area contributed by atoms with E-state index in [9.17, 15) is 18.0 Å². The molecule has 0 aliphatic carbocycles. The summed E-state index contributed by atoms with van der Waals surface area (Å²) < 4.78 is 47.9. The molecule has 106 valence electrons. The molecule has 1 saturated heterocycles. The van der Waals surface area contributed by atoms with E-state index in [4.69, 9.17) is 9.47 Å². The van der Waals surface area contributed by atoms with Crippen molar-refractivity contribution in [1.82, 2.24) is 9.88 Å². The van der Waals surface area contributed by atoms with E-state index in [1.807, 2.05) is 4.90 Å². The van der Waals surface area contributed by atoms with Crippen LogP contribution in [-0.4, -0.2) is 48.9 Å². The fraction of sp³-hybridized carbons (Fsp3) is 0.600. The van der Waals surface area contributed by atoms with Crippen molar-refractivity contribution in [2.24, 2.45) is 0 Å². The predicted molar refractivity (Wildman–Crippen MR) is 59.8 cm³/mol. The number of carbonyl (C=O) groups is 1. The van der Waals surface area contributed by atoms with E-state index in [-0.39, 0.29) is 0 Å². The predicted octanol–water partition coefficient (Wildman–Crippen LogP) is 1.61. The summed E-state index contributed by atoms with van der Waals surface area (Å²) in [7, 11) is 1.80. The molecule has 1 aromatic heterocycles. The van der Waals surface area contributed by atoms with E-state index in [1.54, 1.807) is 7.05 Å². The Kier molecular flexibility index (Phi) is 4.07. The summed E-state index contributed by atoms with van der Waals surface area (Å²) in [6.45, 7) is 1.35. The summed E-state index contributed by atoms with van der Waals surface area (Å²) >= 11 is 0.359. The SMILES string of the molecule is CN1CCOC(OC(=O)c2ncsc2C(F)(F)F)C1. The van der Waals surface area contributed by atoms with Crippen molar-refractivity contribution in [2.75, 3.05) is 26.7 Å². The minimum atomic E-state index is -4.61. The smallest absolute Gasteiger partial charge is 0.428 e. The quantitative estimate of drug-likeness (QED) is 0.776. The maximum atomic E-state index is 12.6. The van der Waals surface area contributed by atoms with Crippen LogP contribution in [0.1, 0.15) is 15.4 Å². The van der Waals surface area contributed by atoms with Gasteiger partial charge in [-0.05, 0) is 7.05 Å². The first-order valence-electron chi connectivity index (χ1n) is 5.39. The Morgan fingerprint density at radius 2 is 2.37 bits per heavy atom. The molecule has 1 aromatic rings. The van der Waals surface area contributed by atoms with Crippen molar-refractivity contribution in [3.05, 3.63) is 16.1 Å². The van der Waals surface area contributed by atoms with Gasteiger partial charge in [0, 0.05) is 6.54 Å². The number of carbonyl (C=O) groups excluding carboxylic acids is 1. The van der Waals surface area contributed by atoms with Crippen molar-refractivity contribution in [2.45, 2.75) is 12.5 Å². The largest absolute Gasteiger partial charge is 0.430 e. The Bertz CT molecular complexity index is 463. The van der Waals surface area contributed by atoms with Gasteiger partial charge in [0.1, 0.15) is 4.88 Å². The zero-order valence-electron chi connectivity index (χ0n) is 9.94. The number of esters is 1. The van der Waals surface area contributed by atoms with E-state index in [1.165, 1.54) is 0 Å². The second kappa shape index (κ2) is 5.43. The van der Waals surface area contributed by atoms with Gasteiger partial charge in [-0.2, -0.15) is 13.2 Å². The highest BCUT2D eigenvalue weighted by Gasteiger charge is 2.39. The van der Waals surface area contributed by atoms with Gasteiger partial charge in [-0.25, -0.2) is 9.78 Å². The van der Waals surface area contributed by atoms with Gasteiger partial charge in [-0.3, -0.25) is 4.90 Å². The molecule has 2 rings (SSSR count). The first-order chi connectivity index (χ1) is 8.88. The highest BCUT2D eigenvalue weighted by atomic mass is 32.1. The average molecular weight is 296 g/mol. The van der Waals surface area contributed by atoms with Crippen LogP contribution in [0.2, 0.25) is 0 Å². The van der Waals surface area contributed by atoms with Crippen LogP contribution in [0.25, 0.3) is 0 Å². The monoisotopic (exact) mass is 296 g/mol. The van der Waals surface area contributed by atoms with E-state index >= 15 is 0 Å². The zero-order chi connectivity index (χ0) is 14.0. The molecule has 1 fully saturated rings. The molecule has 9 heteroatoms. The second-order valence-corrected chi connectivity index (χ2v) is 4.85. The van der Waals surface area contributed by atoms with Gasteiger partial charge in [0.15, 0.2) is 5.69 Å². The number of likely N-dealkylation sites (N-methyl/N-ethyl adjacent to an activating group) is 1. The Balaban J connectivity index is 2.06. The van der Waals surface area contributed by atoms with Crippen LogP contribution in [0.5, 0.6) is 0 Å². The maximum absolute atomic E-state index is 12.6. The molecule has 0 aromatic carbocycles. The number of halogens is 3. The lowest BCUT2D eigenvalue weighted by Gasteiger charge is -2.29. The molecule has 1 aliphatic heterocycles. The lowest BCUT2D eigenvalue weighted by atomic mass is 10.3. The molecule has 1 unspecified atom stereocenters. The van der Waals surface area contributed by atoms with Crippen LogP contribution in [0.4, 0.5) is 13.2 Å². The fourth-order valence-electron chi connectivity index (χ4n) is 1.58. The first-order valence-corrected chi connectivity index (χ1v) is 6.27. The number of hydrogen-bond acceptors (Lipinski definition) is 6.